The van der Waals surface area contributed by atoms with Crippen LogP contribution in [0.2, 0.25) is 0 Å². The Kier molecular flexibility index (Phi) is 4.95. The van der Waals surface area contributed by atoms with Gasteiger partial charge in [0.15, 0.2) is 0 Å². The molecule has 3 rings (SSSR count). The third kappa shape index (κ3) is 3.41. The Bertz CT molecular complexity index is 882. The van der Waals surface area contributed by atoms with Crippen LogP contribution in [0.5, 0.6) is 0 Å². The highest BCUT2D eigenvalue weighted by Crippen LogP contribution is 2.33. The predicted octanol–water partition coefficient (Wildman–Crippen LogP) is 3.55. The van der Waals surface area contributed by atoms with Gasteiger partial charge in [0, 0.05) is 37.5 Å². The lowest BCUT2D eigenvalue weighted by atomic mass is 9.97. The van der Waals surface area contributed by atoms with Gasteiger partial charge in [-0.1, -0.05) is 19.9 Å². The molecule has 1 aromatic carbocycles. The summed E-state index contributed by atoms with van der Waals surface area (Å²) in [6, 6.07) is 6.38. The third-order valence-corrected chi connectivity index (χ3v) is 4.98. The van der Waals surface area contributed by atoms with Crippen LogP contribution >= 0.6 is 0 Å². The van der Waals surface area contributed by atoms with Crippen molar-refractivity contribution in [3.63, 3.8) is 0 Å². The smallest absolute Gasteiger partial charge is 0.338 e. The number of aromatic nitrogens is 2. The molecule has 1 unspecified atom stereocenters. The lowest BCUT2D eigenvalue weighted by Crippen LogP contribution is -2.45. The number of hydrogen-bond acceptors (Lipinski definition) is 5. The molecule has 1 atom stereocenters. The number of nitrogens with zero attached hydrogens (tertiary/aromatic N) is 4. The zero-order valence-corrected chi connectivity index (χ0v) is 16.5. The largest absolute Gasteiger partial charge is 0.478 e. The van der Waals surface area contributed by atoms with Crippen molar-refractivity contribution in [2.75, 3.05) is 18.4 Å². The molecule has 0 aliphatic carbocycles. The zero-order valence-electron chi connectivity index (χ0n) is 16.5. The van der Waals surface area contributed by atoms with E-state index in [9.17, 15) is 9.90 Å². The third-order valence-electron chi connectivity index (χ3n) is 4.98. The van der Waals surface area contributed by atoms with Crippen molar-refractivity contribution in [3.8, 4) is 0 Å². The Morgan fingerprint density at radius 3 is 2.59 bits per heavy atom. The Labute approximate surface area is 159 Å². The van der Waals surface area contributed by atoms with Gasteiger partial charge in [0.1, 0.15) is 5.84 Å². The van der Waals surface area contributed by atoms with Crippen LogP contribution < -0.4 is 5.32 Å². The fraction of sp³-hybridized carbons (Fsp3) is 0.450. The minimum atomic E-state index is -1.00. The summed E-state index contributed by atoms with van der Waals surface area (Å²) in [7, 11) is 0. The monoisotopic (exact) mass is 369 g/mol. The van der Waals surface area contributed by atoms with E-state index in [1.54, 1.807) is 4.68 Å². The number of anilines is 1. The van der Waals surface area contributed by atoms with E-state index in [-0.39, 0.29) is 5.56 Å². The van der Waals surface area contributed by atoms with Gasteiger partial charge in [-0.2, -0.15) is 5.10 Å². The first kappa shape index (κ1) is 18.9. The molecule has 0 amide bonds. The summed E-state index contributed by atoms with van der Waals surface area (Å²) in [6.45, 7) is 12.1. The molecule has 2 aromatic rings. The average molecular weight is 369 g/mol. The summed E-state index contributed by atoms with van der Waals surface area (Å²) in [4.78, 5) is 18.4. The average Bonchev–Trinajstić information content (AvgIpc) is 3.13. The quantitative estimate of drug-likeness (QED) is 0.842. The molecule has 144 valence electrons. The normalized spacial score (nSPS) is 18.7. The van der Waals surface area contributed by atoms with E-state index < -0.39 is 11.8 Å². The van der Waals surface area contributed by atoms with Gasteiger partial charge >= 0.3 is 5.97 Å². The molecule has 1 aliphatic heterocycles. The predicted molar refractivity (Wildman–Crippen MR) is 106 cm³/mol. The summed E-state index contributed by atoms with van der Waals surface area (Å²) >= 11 is 0. The molecule has 2 heterocycles. The molecule has 1 aromatic heterocycles. The van der Waals surface area contributed by atoms with E-state index >= 15 is 0 Å². The van der Waals surface area contributed by atoms with E-state index in [1.807, 2.05) is 6.92 Å². The minimum absolute atomic E-state index is 0.138. The van der Waals surface area contributed by atoms with Gasteiger partial charge in [0.05, 0.1) is 11.8 Å². The number of amidine groups is 1. The molecule has 7 nitrogen and oxygen atoms in total. The SMILES string of the molecule is CCN(CC)C1=NC(C)(n2cc(C(=O)O)cn2)Nc2ccc(C(C)C)cc21. The maximum atomic E-state index is 11.2. The van der Waals surface area contributed by atoms with Gasteiger partial charge in [0.25, 0.3) is 0 Å². The highest BCUT2D eigenvalue weighted by Gasteiger charge is 2.35. The second kappa shape index (κ2) is 7.06. The second-order valence-electron chi connectivity index (χ2n) is 7.19. The van der Waals surface area contributed by atoms with E-state index in [2.05, 4.69) is 61.2 Å². The number of carboxylic acid groups (broad SMARTS) is 1. The number of carbonyl (C=O) groups is 1. The lowest BCUT2D eigenvalue weighted by Gasteiger charge is -2.37. The van der Waals surface area contributed by atoms with Crippen LogP contribution in [-0.2, 0) is 5.79 Å². The number of fused-ring (bicyclic) bond motifs is 1. The molecule has 0 saturated carbocycles. The van der Waals surface area contributed by atoms with Gasteiger partial charge in [-0.25, -0.2) is 14.5 Å². The maximum Gasteiger partial charge on any atom is 0.338 e. The molecule has 1 aliphatic rings. The van der Waals surface area contributed by atoms with Crippen LogP contribution in [0.25, 0.3) is 0 Å². The van der Waals surface area contributed by atoms with Gasteiger partial charge in [-0.15, -0.1) is 0 Å². The molecule has 0 bridgehead atoms. The molecule has 2 N–H and O–H groups in total. The number of aromatic carboxylic acids is 1. The van der Waals surface area contributed by atoms with E-state index in [0.717, 1.165) is 30.2 Å². The fourth-order valence-corrected chi connectivity index (χ4v) is 3.31. The van der Waals surface area contributed by atoms with Crippen molar-refractivity contribution in [3.05, 3.63) is 47.3 Å². The van der Waals surface area contributed by atoms with Crippen LogP contribution in [0.4, 0.5) is 5.69 Å². The van der Waals surface area contributed by atoms with Crippen molar-refractivity contribution < 1.29 is 9.90 Å². The van der Waals surface area contributed by atoms with Crippen LogP contribution in [0.1, 0.15) is 62.0 Å². The van der Waals surface area contributed by atoms with Crippen molar-refractivity contribution in [1.82, 2.24) is 14.7 Å². The highest BCUT2D eigenvalue weighted by molar-refractivity contribution is 6.05. The summed E-state index contributed by atoms with van der Waals surface area (Å²) in [5, 5.41) is 16.9. The van der Waals surface area contributed by atoms with E-state index in [1.165, 1.54) is 18.0 Å². The van der Waals surface area contributed by atoms with Gasteiger partial charge in [-0.05, 0) is 37.5 Å². The minimum Gasteiger partial charge on any atom is -0.478 e. The summed E-state index contributed by atoms with van der Waals surface area (Å²) in [5.41, 5.74) is 3.42. The maximum absolute atomic E-state index is 11.2. The number of hydrogen-bond donors (Lipinski definition) is 2. The number of nitrogens with one attached hydrogen (secondary N) is 1. The first-order valence-electron chi connectivity index (χ1n) is 9.34. The molecular weight excluding hydrogens is 342 g/mol. The fourth-order valence-electron chi connectivity index (χ4n) is 3.31. The van der Waals surface area contributed by atoms with E-state index in [4.69, 9.17) is 4.99 Å². The van der Waals surface area contributed by atoms with Gasteiger partial charge in [0.2, 0.25) is 5.79 Å². The Hall–Kier alpha value is -2.83. The molecule has 0 saturated heterocycles. The number of benzene rings is 1. The summed E-state index contributed by atoms with van der Waals surface area (Å²) < 4.78 is 1.57. The summed E-state index contributed by atoms with van der Waals surface area (Å²) in [5.74, 6) is -0.592. The van der Waals surface area contributed by atoms with Crippen molar-refractivity contribution in [1.29, 1.82) is 0 Å². The van der Waals surface area contributed by atoms with Crippen molar-refractivity contribution >= 4 is 17.5 Å². The van der Waals surface area contributed by atoms with Gasteiger partial charge < -0.3 is 15.3 Å². The Balaban J connectivity index is 2.14. The van der Waals surface area contributed by atoms with Crippen molar-refractivity contribution in [2.45, 2.75) is 46.3 Å². The number of carboxylic acids is 1. The van der Waals surface area contributed by atoms with Crippen molar-refractivity contribution in [2.24, 2.45) is 4.99 Å². The zero-order chi connectivity index (χ0) is 19.8. The summed E-state index contributed by atoms with van der Waals surface area (Å²) in [6.07, 6.45) is 2.85. The molecular formula is C20H27N5O2. The van der Waals surface area contributed by atoms with Crippen LogP contribution in [0.15, 0.2) is 35.6 Å². The van der Waals surface area contributed by atoms with Crippen LogP contribution in [0.3, 0.4) is 0 Å². The number of aliphatic imine (C=N–C) groups is 1. The molecule has 0 fully saturated rings. The Morgan fingerprint density at radius 1 is 1.33 bits per heavy atom. The first-order chi connectivity index (χ1) is 12.8. The lowest BCUT2D eigenvalue weighted by molar-refractivity contribution is 0.0696. The molecule has 27 heavy (non-hydrogen) atoms. The van der Waals surface area contributed by atoms with Gasteiger partial charge in [-0.3, -0.25) is 0 Å². The Morgan fingerprint density at radius 2 is 2.04 bits per heavy atom. The first-order valence-corrected chi connectivity index (χ1v) is 9.34. The van der Waals surface area contributed by atoms with E-state index in [0.29, 0.717) is 5.92 Å². The van der Waals surface area contributed by atoms with Crippen LogP contribution in [0, 0.1) is 0 Å². The molecule has 0 radical (unpaired) electrons. The topological polar surface area (TPSA) is 82.8 Å². The molecule has 0 spiro atoms. The highest BCUT2D eigenvalue weighted by atomic mass is 16.4. The van der Waals surface area contributed by atoms with Crippen LogP contribution in [-0.4, -0.2) is 44.7 Å². The number of rotatable bonds is 5. The standard InChI is InChI=1S/C20H27N5O2/c1-6-24(7-2)18-16-10-14(13(3)4)8-9-17(16)22-20(5,23-18)25-12-15(11-21-25)19(26)27/h8-13,22H,6-7H2,1-5H3,(H,26,27). The second-order valence-corrected chi connectivity index (χ2v) is 7.19. The molecule has 7 heteroatoms.